The molecule has 0 saturated heterocycles. The summed E-state index contributed by atoms with van der Waals surface area (Å²) in [7, 11) is 0. The molecule has 0 bridgehead atoms. The van der Waals surface area contributed by atoms with Gasteiger partial charge in [0.05, 0.1) is 22.4 Å². The first-order valence-corrected chi connectivity index (χ1v) is 6.17. The van der Waals surface area contributed by atoms with Crippen molar-refractivity contribution < 1.29 is 5.11 Å². The predicted octanol–water partition coefficient (Wildman–Crippen LogP) is 1.49. The average molecular weight is 284 g/mol. The molecule has 1 aromatic rings. The van der Waals surface area contributed by atoms with Crippen molar-refractivity contribution in [1.29, 1.82) is 0 Å². The molecule has 0 unspecified atom stereocenters. The fourth-order valence-corrected chi connectivity index (χ4v) is 1.42. The molecule has 1 heterocycles. The topological polar surface area (TPSA) is 67.2 Å². The van der Waals surface area contributed by atoms with Crippen LogP contribution in [-0.4, -0.2) is 26.0 Å². The highest BCUT2D eigenvalue weighted by Crippen LogP contribution is 2.27. The molecule has 0 fully saturated rings. The normalized spacial score (nSPS) is 12.1. The van der Waals surface area contributed by atoms with Gasteiger partial charge in [-0.3, -0.25) is 4.79 Å². The van der Waals surface area contributed by atoms with Gasteiger partial charge in [0.15, 0.2) is 0 Å². The number of aliphatic hydroxyl groups is 1. The average Bonchev–Trinajstić information content (AvgIpc) is 2.27. The second kappa shape index (κ2) is 5.24. The van der Waals surface area contributed by atoms with Crippen LogP contribution in [0.3, 0.4) is 0 Å². The summed E-state index contributed by atoms with van der Waals surface area (Å²) in [5.74, 6) is 2.34. The van der Waals surface area contributed by atoms with Gasteiger partial charge in [0.2, 0.25) is 0 Å². The molecule has 1 aromatic heterocycles. The van der Waals surface area contributed by atoms with Crippen molar-refractivity contribution >= 4 is 17.3 Å². The highest BCUT2D eigenvalue weighted by Gasteiger charge is 2.36. The van der Waals surface area contributed by atoms with E-state index in [1.54, 1.807) is 27.7 Å². The van der Waals surface area contributed by atoms with Crippen molar-refractivity contribution in [2.24, 2.45) is 0 Å². The maximum Gasteiger partial charge on any atom is 0.292 e. The van der Waals surface area contributed by atoms with Crippen molar-refractivity contribution in [3.63, 3.8) is 0 Å². The summed E-state index contributed by atoms with van der Waals surface area (Å²) >= 11 is 5.99. The van der Waals surface area contributed by atoms with E-state index in [2.05, 4.69) is 16.3 Å². The monoisotopic (exact) mass is 283 g/mol. The van der Waals surface area contributed by atoms with Crippen LogP contribution in [0.4, 0.5) is 5.69 Å². The lowest BCUT2D eigenvalue weighted by atomic mass is 9.86. The van der Waals surface area contributed by atoms with E-state index in [1.165, 1.54) is 6.20 Å². The van der Waals surface area contributed by atoms with E-state index in [9.17, 15) is 9.90 Å². The van der Waals surface area contributed by atoms with Crippen LogP contribution in [0, 0.1) is 12.3 Å². The van der Waals surface area contributed by atoms with Gasteiger partial charge in [-0.2, -0.15) is 5.10 Å². The maximum absolute atomic E-state index is 12.2. The lowest BCUT2D eigenvalue weighted by Crippen LogP contribution is -2.52. The molecule has 1 rings (SSSR count). The van der Waals surface area contributed by atoms with Crippen LogP contribution >= 0.6 is 11.6 Å². The molecule has 5 nitrogen and oxygen atoms in total. The quantitative estimate of drug-likeness (QED) is 0.822. The van der Waals surface area contributed by atoms with Crippen LogP contribution in [0.15, 0.2) is 11.0 Å². The molecule has 6 heteroatoms. The van der Waals surface area contributed by atoms with Gasteiger partial charge < -0.3 is 10.4 Å². The van der Waals surface area contributed by atoms with Crippen molar-refractivity contribution in [3.05, 3.63) is 21.6 Å². The van der Waals surface area contributed by atoms with Gasteiger partial charge >= 0.3 is 0 Å². The molecular formula is C13H18ClN3O2. The van der Waals surface area contributed by atoms with Crippen LogP contribution in [0.5, 0.6) is 0 Å². The summed E-state index contributed by atoms with van der Waals surface area (Å²) in [5, 5.41) is 17.1. The zero-order valence-corrected chi connectivity index (χ0v) is 12.2. The van der Waals surface area contributed by atoms with Crippen LogP contribution in [-0.2, 0) is 6.54 Å². The van der Waals surface area contributed by atoms with Gasteiger partial charge in [-0.05, 0) is 27.7 Å². The Labute approximate surface area is 117 Å². The predicted molar refractivity (Wildman–Crippen MR) is 76.3 cm³/mol. The lowest BCUT2D eigenvalue weighted by molar-refractivity contribution is 0.0240. The van der Waals surface area contributed by atoms with Gasteiger partial charge in [0.25, 0.3) is 5.56 Å². The number of hydrogen-bond donors (Lipinski definition) is 2. The van der Waals surface area contributed by atoms with Crippen molar-refractivity contribution in [3.8, 4) is 12.3 Å². The molecule has 0 aliphatic rings. The van der Waals surface area contributed by atoms with E-state index in [4.69, 9.17) is 18.0 Å². The van der Waals surface area contributed by atoms with Crippen LogP contribution in [0.2, 0.25) is 5.02 Å². The molecule has 0 aliphatic heterocycles. The van der Waals surface area contributed by atoms with Crippen molar-refractivity contribution in [2.45, 2.75) is 45.4 Å². The molecule has 104 valence electrons. The highest BCUT2D eigenvalue weighted by atomic mass is 35.5. The molecule has 0 aromatic carbocycles. The summed E-state index contributed by atoms with van der Waals surface area (Å²) < 4.78 is 1.13. The summed E-state index contributed by atoms with van der Waals surface area (Å²) in [6, 6.07) is 0. The number of nitrogens with zero attached hydrogens (tertiary/aromatic N) is 2. The number of rotatable bonds is 4. The van der Waals surface area contributed by atoms with Crippen LogP contribution < -0.4 is 10.9 Å². The minimum absolute atomic E-state index is 0.0631. The summed E-state index contributed by atoms with van der Waals surface area (Å²) in [5.41, 5.74) is -2.05. The first kappa shape index (κ1) is 15.5. The third kappa shape index (κ3) is 3.28. The van der Waals surface area contributed by atoms with E-state index >= 15 is 0 Å². The molecular weight excluding hydrogens is 266 g/mol. The molecule has 0 amide bonds. The Hall–Kier alpha value is -1.51. The third-order valence-electron chi connectivity index (χ3n) is 3.21. The highest BCUT2D eigenvalue weighted by molar-refractivity contribution is 6.33. The maximum atomic E-state index is 12.2. The number of nitrogens with one attached hydrogen (secondary N) is 1. The number of aromatic nitrogens is 2. The molecule has 0 spiro atoms. The van der Waals surface area contributed by atoms with Crippen molar-refractivity contribution in [1.82, 2.24) is 9.78 Å². The largest absolute Gasteiger partial charge is 0.388 e. The first-order valence-electron chi connectivity index (χ1n) is 5.80. The van der Waals surface area contributed by atoms with Gasteiger partial charge in [0.1, 0.15) is 12.2 Å². The van der Waals surface area contributed by atoms with E-state index in [-0.39, 0.29) is 17.3 Å². The van der Waals surface area contributed by atoms with E-state index < -0.39 is 16.7 Å². The Morgan fingerprint density at radius 3 is 2.58 bits per heavy atom. The Kier molecular flexibility index (Phi) is 4.28. The molecule has 0 aliphatic carbocycles. The molecule has 0 saturated carbocycles. The van der Waals surface area contributed by atoms with Gasteiger partial charge in [0, 0.05) is 0 Å². The Balaban J connectivity index is 3.26. The second-order valence-electron chi connectivity index (χ2n) is 5.34. The summed E-state index contributed by atoms with van der Waals surface area (Å²) in [4.78, 5) is 12.2. The number of anilines is 1. The number of hydrogen-bond acceptors (Lipinski definition) is 4. The Bertz CT molecular complexity index is 565. The van der Waals surface area contributed by atoms with E-state index in [0.29, 0.717) is 0 Å². The van der Waals surface area contributed by atoms with E-state index in [1.807, 2.05) is 0 Å². The molecule has 19 heavy (non-hydrogen) atoms. The number of terminal acetylenes is 1. The zero-order chi connectivity index (χ0) is 14.8. The van der Waals surface area contributed by atoms with Crippen molar-refractivity contribution in [2.75, 3.05) is 5.32 Å². The minimum Gasteiger partial charge on any atom is -0.388 e. The zero-order valence-electron chi connectivity index (χ0n) is 11.5. The Morgan fingerprint density at radius 1 is 1.53 bits per heavy atom. The van der Waals surface area contributed by atoms with Gasteiger partial charge in [-0.25, -0.2) is 4.68 Å². The molecule has 2 N–H and O–H groups in total. The third-order valence-corrected chi connectivity index (χ3v) is 3.49. The molecule has 0 radical (unpaired) electrons. The standard InChI is InChI=1S/C13H18ClN3O2/c1-6-7-17-11(18)10(9(14)8-15-17)16-12(2,3)13(4,5)19/h1,8,16,19H,7H2,2-5H3. The van der Waals surface area contributed by atoms with E-state index in [0.717, 1.165) is 4.68 Å². The van der Waals surface area contributed by atoms with Gasteiger partial charge in [-0.1, -0.05) is 17.5 Å². The van der Waals surface area contributed by atoms with Crippen LogP contribution in [0.25, 0.3) is 0 Å². The summed E-state index contributed by atoms with van der Waals surface area (Å²) in [6.07, 6.45) is 6.52. The molecule has 0 atom stereocenters. The Morgan fingerprint density at radius 2 is 2.11 bits per heavy atom. The van der Waals surface area contributed by atoms with Gasteiger partial charge in [-0.15, -0.1) is 6.42 Å². The smallest absolute Gasteiger partial charge is 0.292 e. The summed E-state index contributed by atoms with van der Waals surface area (Å²) in [6.45, 7) is 6.90. The fraction of sp³-hybridized carbons (Fsp3) is 0.538. The fourth-order valence-electron chi connectivity index (χ4n) is 1.25. The second-order valence-corrected chi connectivity index (χ2v) is 5.75. The SMILES string of the molecule is C#CCn1ncc(Cl)c(NC(C)(C)C(C)(C)O)c1=O. The lowest BCUT2D eigenvalue weighted by Gasteiger charge is -2.38. The minimum atomic E-state index is -1.05. The number of halogens is 1. The van der Waals surface area contributed by atoms with Crippen LogP contribution in [0.1, 0.15) is 27.7 Å². The first-order chi connectivity index (χ1) is 8.60.